The standard InChI is InChI=1S/C18H28N4O5S/c1-4-14(2)19-18(24)20-17(23)13-21-9-11-22(12-10-21)28(25,26)16-7-5-15(27-3)6-8-16/h5-8,14H,4,9-13H2,1-3H3,(H2,19,20,23,24)/p+1/t14-/m1/s1. The minimum Gasteiger partial charge on any atom is -0.497 e. The molecule has 1 aromatic rings. The average Bonchev–Trinajstić information content (AvgIpc) is 2.68. The molecule has 1 aliphatic heterocycles. The Morgan fingerprint density at radius 2 is 1.82 bits per heavy atom. The van der Waals surface area contributed by atoms with Gasteiger partial charge in [0.15, 0.2) is 6.54 Å². The molecule has 1 fully saturated rings. The lowest BCUT2D eigenvalue weighted by Gasteiger charge is -2.31. The molecule has 0 spiro atoms. The number of urea groups is 1. The number of nitrogens with one attached hydrogen (secondary N) is 3. The van der Waals surface area contributed by atoms with Crippen LogP contribution in [0.1, 0.15) is 20.3 Å². The molecule has 1 aliphatic rings. The first-order chi connectivity index (χ1) is 13.3. The summed E-state index contributed by atoms with van der Waals surface area (Å²) in [6.45, 7) is 5.55. The summed E-state index contributed by atoms with van der Waals surface area (Å²) in [4.78, 5) is 24.9. The highest BCUT2D eigenvalue weighted by molar-refractivity contribution is 7.89. The number of rotatable bonds is 7. The van der Waals surface area contributed by atoms with Crippen LogP contribution in [-0.4, -0.2) is 70.5 Å². The lowest BCUT2D eigenvalue weighted by atomic mass is 10.3. The molecule has 10 heteroatoms. The minimum absolute atomic E-state index is 0.00754. The van der Waals surface area contributed by atoms with Gasteiger partial charge in [-0.1, -0.05) is 6.92 Å². The lowest BCUT2D eigenvalue weighted by molar-refractivity contribution is -0.895. The van der Waals surface area contributed by atoms with Crippen LogP contribution in [0.2, 0.25) is 0 Å². The molecule has 0 bridgehead atoms. The highest BCUT2D eigenvalue weighted by Gasteiger charge is 2.31. The van der Waals surface area contributed by atoms with E-state index in [0.717, 1.165) is 11.3 Å². The summed E-state index contributed by atoms with van der Waals surface area (Å²) in [6, 6.07) is 5.77. The Labute approximate surface area is 166 Å². The second kappa shape index (κ2) is 9.85. The van der Waals surface area contributed by atoms with Crippen LogP contribution in [0.3, 0.4) is 0 Å². The number of carbonyl (C=O) groups is 2. The second-order valence-corrected chi connectivity index (χ2v) is 8.78. The van der Waals surface area contributed by atoms with Gasteiger partial charge in [0.1, 0.15) is 5.75 Å². The van der Waals surface area contributed by atoms with Gasteiger partial charge in [-0.25, -0.2) is 13.2 Å². The van der Waals surface area contributed by atoms with Crippen molar-refractivity contribution in [2.24, 2.45) is 0 Å². The molecule has 0 aliphatic carbocycles. The number of hydrogen-bond donors (Lipinski definition) is 3. The van der Waals surface area contributed by atoms with Crippen molar-refractivity contribution in [2.45, 2.75) is 31.2 Å². The number of piperazine rings is 1. The molecule has 28 heavy (non-hydrogen) atoms. The molecule has 1 saturated heterocycles. The zero-order chi connectivity index (χ0) is 20.7. The molecule has 0 aromatic heterocycles. The number of ether oxygens (including phenoxy) is 1. The van der Waals surface area contributed by atoms with E-state index in [0.29, 0.717) is 31.9 Å². The normalized spacial score (nSPS) is 17.0. The first-order valence-electron chi connectivity index (χ1n) is 9.34. The van der Waals surface area contributed by atoms with Crippen LogP contribution < -0.4 is 20.3 Å². The Morgan fingerprint density at radius 1 is 1.21 bits per heavy atom. The van der Waals surface area contributed by atoms with Crippen LogP contribution in [0.4, 0.5) is 4.79 Å². The van der Waals surface area contributed by atoms with E-state index in [1.165, 1.54) is 23.5 Å². The van der Waals surface area contributed by atoms with Crippen molar-refractivity contribution in [1.82, 2.24) is 14.9 Å². The molecule has 1 atom stereocenters. The smallest absolute Gasteiger partial charge is 0.321 e. The summed E-state index contributed by atoms with van der Waals surface area (Å²) in [5.41, 5.74) is 0. The first kappa shape index (κ1) is 22.1. The van der Waals surface area contributed by atoms with Crippen LogP contribution in [0, 0.1) is 0 Å². The average molecular weight is 414 g/mol. The Bertz CT molecular complexity index is 774. The second-order valence-electron chi connectivity index (χ2n) is 6.84. The fraction of sp³-hybridized carbons (Fsp3) is 0.556. The van der Waals surface area contributed by atoms with Crippen molar-refractivity contribution in [2.75, 3.05) is 39.8 Å². The van der Waals surface area contributed by atoms with E-state index in [1.807, 2.05) is 13.8 Å². The maximum absolute atomic E-state index is 12.7. The molecule has 0 unspecified atom stereocenters. The van der Waals surface area contributed by atoms with E-state index >= 15 is 0 Å². The van der Waals surface area contributed by atoms with E-state index in [4.69, 9.17) is 4.74 Å². The van der Waals surface area contributed by atoms with Crippen molar-refractivity contribution in [3.63, 3.8) is 0 Å². The van der Waals surface area contributed by atoms with Crippen LogP contribution in [-0.2, 0) is 14.8 Å². The number of quaternary nitrogens is 1. The van der Waals surface area contributed by atoms with Crippen LogP contribution in [0.15, 0.2) is 29.2 Å². The Morgan fingerprint density at radius 3 is 2.36 bits per heavy atom. The predicted molar refractivity (Wildman–Crippen MR) is 104 cm³/mol. The van der Waals surface area contributed by atoms with E-state index < -0.39 is 16.1 Å². The fourth-order valence-electron chi connectivity index (χ4n) is 2.88. The minimum atomic E-state index is -3.57. The molecular formula is C18H29N4O5S+. The van der Waals surface area contributed by atoms with Gasteiger partial charge in [-0.15, -0.1) is 0 Å². The number of imide groups is 1. The van der Waals surface area contributed by atoms with Crippen molar-refractivity contribution in [1.29, 1.82) is 0 Å². The van der Waals surface area contributed by atoms with Gasteiger partial charge in [0.05, 0.1) is 38.2 Å². The number of hydrogen-bond acceptors (Lipinski definition) is 5. The maximum Gasteiger partial charge on any atom is 0.321 e. The molecule has 0 radical (unpaired) electrons. The highest BCUT2D eigenvalue weighted by Crippen LogP contribution is 2.19. The summed E-state index contributed by atoms with van der Waals surface area (Å²) in [7, 11) is -2.05. The van der Waals surface area contributed by atoms with Gasteiger partial charge in [-0.05, 0) is 37.6 Å². The van der Waals surface area contributed by atoms with E-state index in [1.54, 1.807) is 12.1 Å². The predicted octanol–water partition coefficient (Wildman–Crippen LogP) is -0.791. The summed E-state index contributed by atoms with van der Waals surface area (Å²) < 4.78 is 31.9. The van der Waals surface area contributed by atoms with Gasteiger partial charge in [0.25, 0.3) is 5.91 Å². The fourth-order valence-corrected chi connectivity index (χ4v) is 4.32. The number of nitrogens with zero attached hydrogens (tertiary/aromatic N) is 1. The lowest BCUT2D eigenvalue weighted by Crippen LogP contribution is -3.15. The van der Waals surface area contributed by atoms with Crippen molar-refractivity contribution in [3.05, 3.63) is 24.3 Å². The number of benzene rings is 1. The van der Waals surface area contributed by atoms with Crippen molar-refractivity contribution >= 4 is 22.0 Å². The molecule has 9 nitrogen and oxygen atoms in total. The van der Waals surface area contributed by atoms with Gasteiger partial charge < -0.3 is 15.0 Å². The van der Waals surface area contributed by atoms with E-state index in [-0.39, 0.29) is 23.4 Å². The van der Waals surface area contributed by atoms with Gasteiger partial charge in [0, 0.05) is 6.04 Å². The van der Waals surface area contributed by atoms with E-state index in [9.17, 15) is 18.0 Å². The summed E-state index contributed by atoms with van der Waals surface area (Å²) in [5, 5.41) is 4.99. The largest absolute Gasteiger partial charge is 0.497 e. The van der Waals surface area contributed by atoms with Gasteiger partial charge >= 0.3 is 6.03 Å². The summed E-state index contributed by atoms with van der Waals surface area (Å²) in [6.07, 6.45) is 0.775. The molecule has 156 valence electrons. The Hall–Kier alpha value is -2.17. The topological polar surface area (TPSA) is 109 Å². The third kappa shape index (κ3) is 5.91. The van der Waals surface area contributed by atoms with Crippen molar-refractivity contribution in [3.8, 4) is 5.75 Å². The van der Waals surface area contributed by atoms with Crippen molar-refractivity contribution < 1.29 is 27.6 Å². The zero-order valence-electron chi connectivity index (χ0n) is 16.5. The van der Waals surface area contributed by atoms with Crippen LogP contribution in [0.5, 0.6) is 5.75 Å². The molecule has 3 amide bonds. The van der Waals surface area contributed by atoms with Gasteiger partial charge in [-0.3, -0.25) is 10.1 Å². The summed E-state index contributed by atoms with van der Waals surface area (Å²) in [5.74, 6) is 0.221. The van der Waals surface area contributed by atoms with E-state index in [2.05, 4.69) is 10.6 Å². The molecule has 1 aromatic carbocycles. The molecule has 0 saturated carbocycles. The van der Waals surface area contributed by atoms with Crippen LogP contribution in [0.25, 0.3) is 0 Å². The third-order valence-electron chi connectivity index (χ3n) is 4.78. The van der Waals surface area contributed by atoms with Gasteiger partial charge in [0.2, 0.25) is 10.0 Å². The zero-order valence-corrected chi connectivity index (χ0v) is 17.3. The maximum atomic E-state index is 12.7. The number of sulfonamides is 1. The number of methoxy groups -OCH3 is 1. The first-order valence-corrected chi connectivity index (χ1v) is 10.8. The Kier molecular flexibility index (Phi) is 7.78. The van der Waals surface area contributed by atoms with Crippen LogP contribution >= 0.6 is 0 Å². The quantitative estimate of drug-likeness (QED) is 0.543. The SMILES string of the molecule is CC[C@@H](C)NC(=O)NC(=O)C[NH+]1CCN(S(=O)(=O)c2ccc(OC)cc2)CC1. The Balaban J connectivity index is 1.84. The molecule has 1 heterocycles. The summed E-state index contributed by atoms with van der Waals surface area (Å²) >= 11 is 0. The molecular weight excluding hydrogens is 384 g/mol. The number of carbonyl (C=O) groups excluding carboxylic acids is 2. The monoisotopic (exact) mass is 413 g/mol. The molecule has 3 N–H and O–H groups in total. The number of amides is 3. The third-order valence-corrected chi connectivity index (χ3v) is 6.69. The molecule has 2 rings (SSSR count). The highest BCUT2D eigenvalue weighted by atomic mass is 32.2. The van der Waals surface area contributed by atoms with Gasteiger partial charge in [-0.2, -0.15) is 4.31 Å².